The summed E-state index contributed by atoms with van der Waals surface area (Å²) >= 11 is 5.67. The van der Waals surface area contributed by atoms with Crippen LogP contribution in [0, 0.1) is 0 Å². The molecule has 0 unspecified atom stereocenters. The minimum atomic E-state index is 0.359. The van der Waals surface area contributed by atoms with Gasteiger partial charge in [0.1, 0.15) is 11.0 Å². The Bertz CT molecular complexity index is 419. The van der Waals surface area contributed by atoms with Gasteiger partial charge in [0.25, 0.3) is 0 Å². The molecular weight excluding hydrogens is 218 g/mol. The van der Waals surface area contributed by atoms with Crippen molar-refractivity contribution in [3.63, 3.8) is 0 Å². The van der Waals surface area contributed by atoms with Crippen molar-refractivity contribution >= 4 is 17.4 Å². The minimum Gasteiger partial charge on any atom is -0.368 e. The van der Waals surface area contributed by atoms with Crippen molar-refractivity contribution in [2.75, 3.05) is 11.9 Å². The van der Waals surface area contributed by atoms with Crippen molar-refractivity contribution < 1.29 is 4.52 Å². The van der Waals surface area contributed by atoms with Gasteiger partial charge in [0.05, 0.1) is 12.4 Å². The van der Waals surface area contributed by atoms with Gasteiger partial charge < -0.3 is 9.84 Å². The molecule has 0 fully saturated rings. The van der Waals surface area contributed by atoms with Gasteiger partial charge in [-0.05, 0) is 0 Å². The number of hydrogen-bond donors (Lipinski definition) is 1. The normalized spacial score (nSPS) is 10.2. The lowest BCUT2D eigenvalue weighted by atomic mass is 10.4. The van der Waals surface area contributed by atoms with E-state index >= 15 is 0 Å². The largest absolute Gasteiger partial charge is 0.368 e. The fourth-order valence-electron chi connectivity index (χ4n) is 1.03. The molecule has 7 heteroatoms. The molecule has 0 spiro atoms. The third kappa shape index (κ3) is 2.88. The molecule has 0 aliphatic heterocycles. The summed E-state index contributed by atoms with van der Waals surface area (Å²) in [6.07, 6.45) is 5.08. The van der Waals surface area contributed by atoms with E-state index in [1.165, 1.54) is 12.5 Å². The minimum absolute atomic E-state index is 0.359. The van der Waals surface area contributed by atoms with Crippen LogP contribution >= 0.6 is 11.6 Å². The quantitative estimate of drug-likeness (QED) is 0.842. The molecule has 0 aromatic carbocycles. The maximum absolute atomic E-state index is 5.67. The Morgan fingerprint density at radius 3 is 3.07 bits per heavy atom. The second-order valence-corrected chi connectivity index (χ2v) is 3.13. The van der Waals surface area contributed by atoms with E-state index in [2.05, 4.69) is 25.4 Å². The fraction of sp³-hybridized carbons (Fsp3) is 0.250. The molecule has 2 aromatic rings. The van der Waals surface area contributed by atoms with Crippen molar-refractivity contribution in [2.24, 2.45) is 0 Å². The molecule has 0 aliphatic rings. The topological polar surface area (TPSA) is 76.7 Å². The Morgan fingerprint density at radius 1 is 1.40 bits per heavy atom. The highest BCUT2D eigenvalue weighted by Crippen LogP contribution is 2.06. The number of hydrogen-bond acceptors (Lipinski definition) is 6. The zero-order valence-corrected chi connectivity index (χ0v) is 8.48. The highest BCUT2D eigenvalue weighted by Gasteiger charge is 1.99. The number of rotatable bonds is 4. The van der Waals surface area contributed by atoms with Crippen molar-refractivity contribution in [1.82, 2.24) is 20.1 Å². The summed E-state index contributed by atoms with van der Waals surface area (Å²) in [6.45, 7) is 0.636. The summed E-state index contributed by atoms with van der Waals surface area (Å²) in [5, 5.41) is 6.90. The summed E-state index contributed by atoms with van der Waals surface area (Å²) in [7, 11) is 0. The first-order chi connectivity index (χ1) is 7.34. The van der Waals surface area contributed by atoms with Crippen LogP contribution < -0.4 is 5.32 Å². The molecule has 78 valence electrons. The van der Waals surface area contributed by atoms with Crippen LogP contribution in [0.25, 0.3) is 0 Å². The Morgan fingerprint density at radius 2 is 2.33 bits per heavy atom. The van der Waals surface area contributed by atoms with Crippen LogP contribution in [0.15, 0.2) is 23.2 Å². The predicted molar refractivity (Wildman–Crippen MR) is 53.5 cm³/mol. The number of anilines is 1. The van der Waals surface area contributed by atoms with Gasteiger partial charge >= 0.3 is 0 Å². The summed E-state index contributed by atoms with van der Waals surface area (Å²) < 4.78 is 4.83. The van der Waals surface area contributed by atoms with E-state index in [4.69, 9.17) is 16.1 Å². The molecular formula is C8H8ClN5O. The zero-order valence-electron chi connectivity index (χ0n) is 7.72. The van der Waals surface area contributed by atoms with Gasteiger partial charge in [0, 0.05) is 13.0 Å². The highest BCUT2D eigenvalue weighted by atomic mass is 35.5. The zero-order chi connectivity index (χ0) is 10.5. The fourth-order valence-corrected chi connectivity index (χ4v) is 1.18. The molecule has 6 nitrogen and oxygen atoms in total. The second kappa shape index (κ2) is 4.70. The Balaban J connectivity index is 1.83. The second-order valence-electron chi connectivity index (χ2n) is 2.74. The number of halogens is 1. The van der Waals surface area contributed by atoms with Gasteiger partial charge in [-0.25, -0.2) is 4.98 Å². The standard InChI is InChI=1S/C8H8ClN5O/c9-6-3-10-4-7(14-6)11-2-1-8-12-5-13-15-8/h3-5H,1-2H2,(H,11,14). The Hall–Kier alpha value is -1.69. The van der Waals surface area contributed by atoms with Crippen LogP contribution in [0.2, 0.25) is 5.15 Å². The summed E-state index contributed by atoms with van der Waals surface area (Å²) in [4.78, 5) is 11.8. The summed E-state index contributed by atoms with van der Waals surface area (Å²) in [5.41, 5.74) is 0. The van der Waals surface area contributed by atoms with Crippen molar-refractivity contribution in [3.05, 3.63) is 29.8 Å². The summed E-state index contributed by atoms with van der Waals surface area (Å²) in [6, 6.07) is 0. The SMILES string of the molecule is Clc1cncc(NCCc2ncno2)n1. The summed E-state index contributed by atoms with van der Waals surface area (Å²) in [5.74, 6) is 1.21. The first-order valence-corrected chi connectivity index (χ1v) is 4.69. The monoisotopic (exact) mass is 225 g/mol. The Kier molecular flexibility index (Phi) is 3.08. The number of nitrogens with zero attached hydrogens (tertiary/aromatic N) is 4. The molecule has 2 aromatic heterocycles. The van der Waals surface area contributed by atoms with E-state index in [1.54, 1.807) is 6.20 Å². The molecule has 2 rings (SSSR count). The maximum Gasteiger partial charge on any atom is 0.228 e. The van der Waals surface area contributed by atoms with Crippen LogP contribution in [-0.2, 0) is 6.42 Å². The van der Waals surface area contributed by atoms with Crippen LogP contribution in [-0.4, -0.2) is 26.7 Å². The first kappa shape index (κ1) is 9.85. The van der Waals surface area contributed by atoms with Crippen LogP contribution in [0.1, 0.15) is 5.89 Å². The van der Waals surface area contributed by atoms with E-state index in [0.29, 0.717) is 29.8 Å². The van der Waals surface area contributed by atoms with Crippen molar-refractivity contribution in [1.29, 1.82) is 0 Å². The smallest absolute Gasteiger partial charge is 0.228 e. The van der Waals surface area contributed by atoms with E-state index in [9.17, 15) is 0 Å². The van der Waals surface area contributed by atoms with Crippen LogP contribution in [0.5, 0.6) is 0 Å². The van der Waals surface area contributed by atoms with Gasteiger partial charge in [-0.1, -0.05) is 16.8 Å². The van der Waals surface area contributed by atoms with Gasteiger partial charge in [-0.3, -0.25) is 4.98 Å². The van der Waals surface area contributed by atoms with Crippen molar-refractivity contribution in [2.45, 2.75) is 6.42 Å². The molecule has 0 atom stereocenters. The average Bonchev–Trinajstić information content (AvgIpc) is 2.71. The molecule has 0 saturated carbocycles. The highest BCUT2D eigenvalue weighted by molar-refractivity contribution is 6.29. The molecule has 0 radical (unpaired) electrons. The van der Waals surface area contributed by atoms with Crippen LogP contribution in [0.3, 0.4) is 0 Å². The van der Waals surface area contributed by atoms with Crippen molar-refractivity contribution in [3.8, 4) is 0 Å². The lowest BCUT2D eigenvalue weighted by molar-refractivity contribution is 0.379. The van der Waals surface area contributed by atoms with Gasteiger partial charge in [0.2, 0.25) is 5.89 Å². The number of aromatic nitrogens is 4. The third-order valence-corrected chi connectivity index (χ3v) is 1.84. The predicted octanol–water partition coefficient (Wildman–Crippen LogP) is 1.17. The Labute approximate surface area is 90.7 Å². The molecule has 0 bridgehead atoms. The third-order valence-electron chi connectivity index (χ3n) is 1.66. The van der Waals surface area contributed by atoms with E-state index < -0.39 is 0 Å². The molecule has 1 N–H and O–H groups in total. The molecule has 0 saturated heterocycles. The van der Waals surface area contributed by atoms with Gasteiger partial charge in [-0.15, -0.1) is 0 Å². The van der Waals surface area contributed by atoms with Crippen LogP contribution in [0.4, 0.5) is 5.82 Å². The molecule has 15 heavy (non-hydrogen) atoms. The van der Waals surface area contributed by atoms with Gasteiger partial charge in [0.15, 0.2) is 6.33 Å². The molecule has 2 heterocycles. The van der Waals surface area contributed by atoms with E-state index in [-0.39, 0.29) is 0 Å². The maximum atomic E-state index is 5.67. The molecule has 0 amide bonds. The average molecular weight is 226 g/mol. The van der Waals surface area contributed by atoms with E-state index in [0.717, 1.165) is 0 Å². The number of nitrogens with one attached hydrogen (secondary N) is 1. The lowest BCUT2D eigenvalue weighted by Gasteiger charge is -2.02. The van der Waals surface area contributed by atoms with Gasteiger partial charge in [-0.2, -0.15) is 4.98 Å². The first-order valence-electron chi connectivity index (χ1n) is 4.31. The molecule has 0 aliphatic carbocycles. The van der Waals surface area contributed by atoms with E-state index in [1.807, 2.05) is 0 Å². The lowest BCUT2D eigenvalue weighted by Crippen LogP contribution is -2.06.